The van der Waals surface area contributed by atoms with Gasteiger partial charge in [0.2, 0.25) is 0 Å². The van der Waals surface area contributed by atoms with Crippen LogP contribution in [-0.2, 0) is 9.53 Å². The maximum Gasteiger partial charge on any atom is 0.303 e. The Morgan fingerprint density at radius 2 is 1.86 bits per heavy atom. The molecule has 0 heterocycles. The van der Waals surface area contributed by atoms with E-state index < -0.39 is 5.97 Å². The fraction of sp³-hybridized carbons (Fsp3) is 0.889. The number of likely N-dealkylation sites (N-methyl/N-ethyl adjacent to an activating group) is 1. The summed E-state index contributed by atoms with van der Waals surface area (Å²) in [5.41, 5.74) is 0. The van der Waals surface area contributed by atoms with E-state index in [1.165, 1.54) is 0 Å². The third-order valence-corrected chi connectivity index (χ3v) is 1.59. The Morgan fingerprint density at radius 1 is 1.29 bits per heavy atom. The Hall–Kier alpha value is -0.320. The van der Waals surface area contributed by atoms with E-state index in [2.05, 4.69) is 21.1 Å². The summed E-state index contributed by atoms with van der Waals surface area (Å²) in [6, 6.07) is 0. The van der Waals surface area contributed by atoms with Crippen LogP contribution in [0.25, 0.3) is 0 Å². The zero-order valence-corrected chi connectivity index (χ0v) is 9.88. The van der Waals surface area contributed by atoms with Crippen LogP contribution in [0.4, 0.5) is 0 Å². The zero-order chi connectivity index (χ0) is 10.3. The Bertz CT molecular complexity index is 157. The van der Waals surface area contributed by atoms with Gasteiger partial charge < -0.3 is 26.7 Å². The molecular formula is C9H20ClNO3. The first-order valence-corrected chi connectivity index (χ1v) is 4.52. The summed E-state index contributed by atoms with van der Waals surface area (Å²) >= 11 is 0. The minimum atomic E-state index is -0.754. The van der Waals surface area contributed by atoms with Gasteiger partial charge in [-0.1, -0.05) is 0 Å². The smallest absolute Gasteiger partial charge is 0.303 e. The molecule has 0 aliphatic heterocycles. The van der Waals surface area contributed by atoms with Crippen LogP contribution in [0.15, 0.2) is 0 Å². The van der Waals surface area contributed by atoms with Crippen molar-refractivity contribution < 1.29 is 31.5 Å². The van der Waals surface area contributed by atoms with Gasteiger partial charge in [-0.3, -0.25) is 4.79 Å². The number of quaternary nitrogens is 1. The number of ether oxygens (including phenoxy) is 1. The molecule has 5 heteroatoms. The summed E-state index contributed by atoms with van der Waals surface area (Å²) in [5.74, 6) is -0.754. The van der Waals surface area contributed by atoms with Crippen LogP contribution in [0.3, 0.4) is 0 Å². The lowest BCUT2D eigenvalue weighted by atomic mass is 10.3. The number of nitrogens with zero attached hydrogens (tertiary/aromatic N) is 1. The number of carbonyl (C=O) groups is 1. The number of carboxylic acids is 1. The second kappa shape index (κ2) is 8.03. The van der Waals surface area contributed by atoms with E-state index in [-0.39, 0.29) is 18.8 Å². The van der Waals surface area contributed by atoms with Crippen LogP contribution in [0.1, 0.15) is 12.8 Å². The van der Waals surface area contributed by atoms with Crippen LogP contribution in [-0.4, -0.2) is 56.5 Å². The quantitative estimate of drug-likeness (QED) is 0.388. The first kappa shape index (κ1) is 16.1. The highest BCUT2D eigenvalue weighted by atomic mass is 35.5. The topological polar surface area (TPSA) is 46.5 Å². The molecular weight excluding hydrogens is 206 g/mol. The molecule has 86 valence electrons. The number of carboxylic acid groups (broad SMARTS) is 1. The Labute approximate surface area is 91.9 Å². The number of aliphatic carboxylic acids is 1. The summed E-state index contributed by atoms with van der Waals surface area (Å²) in [5, 5.41) is 8.34. The third kappa shape index (κ3) is 14.2. The van der Waals surface area contributed by atoms with Crippen LogP contribution in [0, 0.1) is 0 Å². The van der Waals surface area contributed by atoms with Gasteiger partial charge in [0, 0.05) is 13.0 Å². The summed E-state index contributed by atoms with van der Waals surface area (Å²) in [6.45, 7) is 2.20. The second-order valence-electron chi connectivity index (χ2n) is 4.12. The fourth-order valence-electron chi connectivity index (χ4n) is 0.766. The van der Waals surface area contributed by atoms with Crippen LogP contribution in [0.5, 0.6) is 0 Å². The van der Waals surface area contributed by atoms with Crippen molar-refractivity contribution in [2.24, 2.45) is 0 Å². The molecule has 0 aliphatic rings. The predicted octanol–water partition coefficient (Wildman–Crippen LogP) is -2.42. The molecule has 1 N–H and O–H groups in total. The second-order valence-corrected chi connectivity index (χ2v) is 4.12. The van der Waals surface area contributed by atoms with Crippen LogP contribution >= 0.6 is 0 Å². The Morgan fingerprint density at radius 3 is 2.29 bits per heavy atom. The van der Waals surface area contributed by atoms with Crippen molar-refractivity contribution in [2.45, 2.75) is 12.8 Å². The Kier molecular flexibility index (Phi) is 9.24. The van der Waals surface area contributed by atoms with E-state index in [4.69, 9.17) is 9.84 Å². The van der Waals surface area contributed by atoms with Crippen molar-refractivity contribution >= 4 is 5.97 Å². The molecule has 0 aromatic heterocycles. The molecule has 14 heavy (non-hydrogen) atoms. The van der Waals surface area contributed by atoms with Gasteiger partial charge in [0.15, 0.2) is 0 Å². The van der Waals surface area contributed by atoms with Crippen molar-refractivity contribution in [2.75, 3.05) is 40.9 Å². The first-order valence-electron chi connectivity index (χ1n) is 4.52. The minimum Gasteiger partial charge on any atom is -1.00 e. The molecule has 0 unspecified atom stereocenters. The standard InChI is InChI=1S/C9H19NO3.ClH/c1-10(2,3)6-8-13-7-4-5-9(11)12;/h4-8H2,1-3H3;1H. The molecule has 0 aliphatic carbocycles. The molecule has 0 saturated carbocycles. The highest BCUT2D eigenvalue weighted by molar-refractivity contribution is 5.66. The molecule has 0 fully saturated rings. The summed E-state index contributed by atoms with van der Waals surface area (Å²) < 4.78 is 6.16. The highest BCUT2D eigenvalue weighted by Gasteiger charge is 2.05. The largest absolute Gasteiger partial charge is 1.00 e. The van der Waals surface area contributed by atoms with E-state index in [1.807, 2.05) is 0 Å². The average Bonchev–Trinajstić information content (AvgIpc) is 1.93. The normalized spacial score (nSPS) is 10.8. The van der Waals surface area contributed by atoms with Gasteiger partial charge >= 0.3 is 5.97 Å². The molecule has 0 aromatic carbocycles. The molecule has 4 nitrogen and oxygen atoms in total. The van der Waals surface area contributed by atoms with E-state index in [0.29, 0.717) is 19.6 Å². The predicted molar refractivity (Wildman–Crippen MR) is 50.6 cm³/mol. The summed E-state index contributed by atoms with van der Waals surface area (Å²) in [4.78, 5) is 10.1. The fourth-order valence-corrected chi connectivity index (χ4v) is 0.766. The first-order chi connectivity index (χ1) is 5.92. The minimum absolute atomic E-state index is 0. The maximum absolute atomic E-state index is 10.1. The SMILES string of the molecule is C[N+](C)(C)CCOCCCC(=O)O.[Cl-]. The average molecular weight is 226 g/mol. The number of hydrogen-bond acceptors (Lipinski definition) is 2. The van der Waals surface area contributed by atoms with Gasteiger partial charge in [0.25, 0.3) is 0 Å². The van der Waals surface area contributed by atoms with Gasteiger partial charge in [-0.15, -0.1) is 0 Å². The Balaban J connectivity index is 0. The van der Waals surface area contributed by atoms with Gasteiger partial charge in [0.1, 0.15) is 6.54 Å². The summed E-state index contributed by atoms with van der Waals surface area (Å²) in [6.07, 6.45) is 0.802. The van der Waals surface area contributed by atoms with Gasteiger partial charge in [-0.05, 0) is 6.42 Å². The number of hydrogen-bond donors (Lipinski definition) is 1. The van der Waals surface area contributed by atoms with Crippen LogP contribution in [0.2, 0.25) is 0 Å². The van der Waals surface area contributed by atoms with E-state index in [1.54, 1.807) is 0 Å². The maximum atomic E-state index is 10.1. The van der Waals surface area contributed by atoms with Crippen LogP contribution < -0.4 is 12.4 Å². The van der Waals surface area contributed by atoms with E-state index in [9.17, 15) is 4.79 Å². The lowest BCUT2D eigenvalue weighted by Crippen LogP contribution is -3.00. The van der Waals surface area contributed by atoms with Crippen molar-refractivity contribution in [3.8, 4) is 0 Å². The highest BCUT2D eigenvalue weighted by Crippen LogP contribution is 1.93. The van der Waals surface area contributed by atoms with E-state index in [0.717, 1.165) is 11.0 Å². The van der Waals surface area contributed by atoms with E-state index >= 15 is 0 Å². The molecule has 0 rings (SSSR count). The van der Waals surface area contributed by atoms with Gasteiger partial charge in [0.05, 0.1) is 27.7 Å². The van der Waals surface area contributed by atoms with Gasteiger partial charge in [-0.2, -0.15) is 0 Å². The van der Waals surface area contributed by atoms with Gasteiger partial charge in [-0.25, -0.2) is 0 Å². The molecule has 0 radical (unpaired) electrons. The number of rotatable bonds is 7. The molecule has 0 atom stereocenters. The molecule has 0 aromatic rings. The summed E-state index contributed by atoms with van der Waals surface area (Å²) in [7, 11) is 6.29. The zero-order valence-electron chi connectivity index (χ0n) is 9.12. The molecule has 0 bridgehead atoms. The lowest BCUT2D eigenvalue weighted by Gasteiger charge is -2.23. The molecule has 0 saturated heterocycles. The van der Waals surface area contributed by atoms with Crippen molar-refractivity contribution in [3.63, 3.8) is 0 Å². The van der Waals surface area contributed by atoms with Crippen molar-refractivity contribution in [1.29, 1.82) is 0 Å². The number of halogens is 1. The monoisotopic (exact) mass is 225 g/mol. The lowest BCUT2D eigenvalue weighted by molar-refractivity contribution is -0.870. The molecule has 0 spiro atoms. The molecule has 0 amide bonds. The third-order valence-electron chi connectivity index (χ3n) is 1.59. The van der Waals surface area contributed by atoms with Crippen molar-refractivity contribution in [3.05, 3.63) is 0 Å². The van der Waals surface area contributed by atoms with Crippen molar-refractivity contribution in [1.82, 2.24) is 0 Å².